The van der Waals surface area contributed by atoms with E-state index in [1.807, 2.05) is 13.8 Å². The van der Waals surface area contributed by atoms with Gasteiger partial charge in [0.05, 0.1) is 25.2 Å². The van der Waals surface area contributed by atoms with Crippen LogP contribution in [0.1, 0.15) is 40.3 Å². The number of nitrogens with one attached hydrogen (secondary N) is 1. The van der Waals surface area contributed by atoms with Gasteiger partial charge in [-0.25, -0.2) is 4.79 Å². The van der Waals surface area contributed by atoms with Crippen LogP contribution in [0.4, 0.5) is 5.69 Å². The Morgan fingerprint density at radius 1 is 1.22 bits per heavy atom. The van der Waals surface area contributed by atoms with Crippen molar-refractivity contribution in [1.29, 1.82) is 0 Å². The molecule has 6 heteroatoms. The molecule has 2 rings (SSSR count). The minimum absolute atomic E-state index is 0.179. The Morgan fingerprint density at radius 3 is 2.52 bits per heavy atom. The standard InChI is InChI=1S/C17H19NO5/c1-10(2)23-15-12(17(20)21-4)6-5-7-13(15)18-16(19)14-11(3)8-9-22-14/h5-10H,1-4H3,(H,18,19). The quantitative estimate of drug-likeness (QED) is 0.855. The molecule has 0 aliphatic carbocycles. The van der Waals surface area contributed by atoms with Crippen LogP contribution < -0.4 is 10.1 Å². The number of esters is 1. The number of carbonyl (C=O) groups is 2. The molecule has 1 heterocycles. The molecule has 0 fully saturated rings. The highest BCUT2D eigenvalue weighted by Gasteiger charge is 2.21. The highest BCUT2D eigenvalue weighted by molar-refractivity contribution is 6.05. The summed E-state index contributed by atoms with van der Waals surface area (Å²) < 4.78 is 15.6. The number of anilines is 1. The van der Waals surface area contributed by atoms with E-state index in [-0.39, 0.29) is 23.2 Å². The van der Waals surface area contributed by atoms with Crippen molar-refractivity contribution in [1.82, 2.24) is 0 Å². The summed E-state index contributed by atoms with van der Waals surface area (Å²) in [5.74, 6) is -0.468. The molecule has 0 saturated carbocycles. The molecule has 2 aromatic rings. The van der Waals surface area contributed by atoms with Crippen molar-refractivity contribution >= 4 is 17.6 Å². The van der Waals surface area contributed by atoms with Crippen molar-refractivity contribution in [3.63, 3.8) is 0 Å². The Kier molecular flexibility index (Phi) is 5.05. The molecule has 0 spiro atoms. The summed E-state index contributed by atoms with van der Waals surface area (Å²) in [6.07, 6.45) is 1.27. The van der Waals surface area contributed by atoms with Crippen molar-refractivity contribution < 1.29 is 23.5 Å². The topological polar surface area (TPSA) is 77.8 Å². The first-order valence-electron chi connectivity index (χ1n) is 7.17. The zero-order valence-corrected chi connectivity index (χ0v) is 13.5. The van der Waals surface area contributed by atoms with E-state index >= 15 is 0 Å². The maximum atomic E-state index is 12.3. The van der Waals surface area contributed by atoms with Crippen LogP contribution in [0.3, 0.4) is 0 Å². The number of rotatable bonds is 5. The number of amides is 1. The Bertz CT molecular complexity index is 718. The fraction of sp³-hybridized carbons (Fsp3) is 0.294. The van der Waals surface area contributed by atoms with Gasteiger partial charge in [-0.1, -0.05) is 6.07 Å². The van der Waals surface area contributed by atoms with Gasteiger partial charge in [-0.3, -0.25) is 4.79 Å². The fourth-order valence-corrected chi connectivity index (χ4v) is 2.05. The average molecular weight is 317 g/mol. The SMILES string of the molecule is COC(=O)c1cccc(NC(=O)c2occc2C)c1OC(C)C. The van der Waals surface area contributed by atoms with E-state index in [2.05, 4.69) is 5.32 Å². The summed E-state index contributed by atoms with van der Waals surface area (Å²) in [6.45, 7) is 5.43. The fourth-order valence-electron chi connectivity index (χ4n) is 2.05. The molecule has 1 aromatic heterocycles. The first-order chi connectivity index (χ1) is 10.9. The molecule has 1 aromatic carbocycles. The number of aryl methyl sites for hydroxylation is 1. The maximum absolute atomic E-state index is 12.3. The number of methoxy groups -OCH3 is 1. The third-order valence-corrected chi connectivity index (χ3v) is 3.09. The third kappa shape index (κ3) is 3.71. The van der Waals surface area contributed by atoms with Gasteiger partial charge in [-0.2, -0.15) is 0 Å². The van der Waals surface area contributed by atoms with E-state index in [1.54, 1.807) is 31.2 Å². The van der Waals surface area contributed by atoms with E-state index in [0.717, 1.165) is 5.56 Å². The molecule has 0 aliphatic heterocycles. The smallest absolute Gasteiger partial charge is 0.341 e. The first-order valence-corrected chi connectivity index (χ1v) is 7.17. The molecule has 0 radical (unpaired) electrons. The van der Waals surface area contributed by atoms with Crippen LogP contribution in [-0.4, -0.2) is 25.1 Å². The highest BCUT2D eigenvalue weighted by atomic mass is 16.5. The molecule has 1 amide bonds. The third-order valence-electron chi connectivity index (χ3n) is 3.09. The lowest BCUT2D eigenvalue weighted by molar-refractivity contribution is 0.0594. The van der Waals surface area contributed by atoms with E-state index in [9.17, 15) is 9.59 Å². The molecule has 122 valence electrons. The lowest BCUT2D eigenvalue weighted by Crippen LogP contribution is -2.17. The van der Waals surface area contributed by atoms with Crippen LogP contribution in [-0.2, 0) is 4.74 Å². The minimum Gasteiger partial charge on any atom is -0.488 e. The van der Waals surface area contributed by atoms with Gasteiger partial charge < -0.3 is 19.2 Å². The van der Waals surface area contributed by atoms with Crippen LogP contribution in [0.2, 0.25) is 0 Å². The van der Waals surface area contributed by atoms with Crippen molar-refractivity contribution in [3.05, 3.63) is 47.4 Å². The molecule has 6 nitrogen and oxygen atoms in total. The number of carbonyl (C=O) groups excluding carboxylic acids is 2. The Hall–Kier alpha value is -2.76. The van der Waals surface area contributed by atoms with Crippen LogP contribution in [0, 0.1) is 6.92 Å². The number of benzene rings is 1. The van der Waals surface area contributed by atoms with Crippen LogP contribution in [0.5, 0.6) is 5.75 Å². The lowest BCUT2D eigenvalue weighted by Gasteiger charge is -2.17. The Morgan fingerprint density at radius 2 is 1.96 bits per heavy atom. The maximum Gasteiger partial charge on any atom is 0.341 e. The van der Waals surface area contributed by atoms with Crippen molar-refractivity contribution in [2.24, 2.45) is 0 Å². The highest BCUT2D eigenvalue weighted by Crippen LogP contribution is 2.31. The first kappa shape index (κ1) is 16.6. The number of furan rings is 1. The second-order valence-electron chi connectivity index (χ2n) is 5.23. The van der Waals surface area contributed by atoms with Gasteiger partial charge in [0, 0.05) is 5.56 Å². The van der Waals surface area contributed by atoms with Gasteiger partial charge in [-0.15, -0.1) is 0 Å². The summed E-state index contributed by atoms with van der Waals surface area (Å²) in [5, 5.41) is 2.71. The monoisotopic (exact) mass is 317 g/mol. The van der Waals surface area contributed by atoms with Gasteiger partial charge in [0.15, 0.2) is 11.5 Å². The summed E-state index contributed by atoms with van der Waals surface area (Å²) in [4.78, 5) is 24.2. The molecular weight excluding hydrogens is 298 g/mol. The Labute approximate surface area is 134 Å². The second kappa shape index (κ2) is 7.00. The van der Waals surface area contributed by atoms with Gasteiger partial charge in [-0.05, 0) is 39.0 Å². The van der Waals surface area contributed by atoms with Gasteiger partial charge in [0.1, 0.15) is 5.56 Å². The van der Waals surface area contributed by atoms with Crippen molar-refractivity contribution in [2.75, 3.05) is 12.4 Å². The van der Waals surface area contributed by atoms with Crippen molar-refractivity contribution in [3.8, 4) is 5.75 Å². The molecule has 0 unspecified atom stereocenters. The molecule has 0 aliphatic rings. The van der Waals surface area contributed by atoms with Crippen LogP contribution >= 0.6 is 0 Å². The van der Waals surface area contributed by atoms with Gasteiger partial charge >= 0.3 is 5.97 Å². The normalized spacial score (nSPS) is 10.5. The molecule has 0 saturated heterocycles. The van der Waals surface area contributed by atoms with Gasteiger partial charge in [0.2, 0.25) is 0 Å². The van der Waals surface area contributed by atoms with Gasteiger partial charge in [0.25, 0.3) is 5.91 Å². The molecule has 1 N–H and O–H groups in total. The summed E-state index contributed by atoms with van der Waals surface area (Å²) in [6, 6.07) is 6.58. The minimum atomic E-state index is -0.536. The molecule has 0 atom stereocenters. The predicted octanol–water partition coefficient (Wildman–Crippen LogP) is 3.41. The van der Waals surface area contributed by atoms with E-state index in [4.69, 9.17) is 13.9 Å². The van der Waals surface area contributed by atoms with E-state index in [0.29, 0.717) is 5.69 Å². The second-order valence-corrected chi connectivity index (χ2v) is 5.23. The molecule has 0 bridgehead atoms. The van der Waals surface area contributed by atoms with E-state index < -0.39 is 11.9 Å². The predicted molar refractivity (Wildman–Crippen MR) is 84.9 cm³/mol. The number of hydrogen-bond acceptors (Lipinski definition) is 5. The zero-order chi connectivity index (χ0) is 17.0. The van der Waals surface area contributed by atoms with Crippen molar-refractivity contribution in [2.45, 2.75) is 26.9 Å². The van der Waals surface area contributed by atoms with Crippen LogP contribution in [0.25, 0.3) is 0 Å². The van der Waals surface area contributed by atoms with E-state index in [1.165, 1.54) is 13.4 Å². The number of para-hydroxylation sites is 1. The summed E-state index contributed by atoms with van der Waals surface area (Å²) in [5.41, 5.74) is 1.34. The Balaban J connectivity index is 2.39. The summed E-state index contributed by atoms with van der Waals surface area (Å²) in [7, 11) is 1.29. The van der Waals surface area contributed by atoms with Crippen LogP contribution in [0.15, 0.2) is 34.9 Å². The number of ether oxygens (including phenoxy) is 2. The molecule has 23 heavy (non-hydrogen) atoms. The lowest BCUT2D eigenvalue weighted by atomic mass is 10.1. The molecular formula is C17H19NO5. The summed E-state index contributed by atoms with van der Waals surface area (Å²) >= 11 is 0. The number of hydrogen-bond donors (Lipinski definition) is 1. The zero-order valence-electron chi connectivity index (χ0n) is 13.5. The largest absolute Gasteiger partial charge is 0.488 e. The average Bonchev–Trinajstić information content (AvgIpc) is 2.94.